The van der Waals surface area contributed by atoms with Crippen LogP contribution in [0.1, 0.15) is 36.9 Å². The van der Waals surface area contributed by atoms with E-state index in [-0.39, 0.29) is 42.8 Å². The van der Waals surface area contributed by atoms with E-state index in [1.165, 1.54) is 18.2 Å². The van der Waals surface area contributed by atoms with Gasteiger partial charge in [0.2, 0.25) is 11.8 Å². The fraction of sp³-hybridized carbons (Fsp3) is 0.419. The molecule has 2 heterocycles. The van der Waals surface area contributed by atoms with E-state index in [2.05, 4.69) is 21.9 Å². The molecule has 2 aromatic carbocycles. The fourth-order valence-corrected chi connectivity index (χ4v) is 5.25. The van der Waals surface area contributed by atoms with Gasteiger partial charge in [-0.15, -0.1) is 0 Å². The van der Waals surface area contributed by atoms with Gasteiger partial charge >= 0.3 is 6.03 Å². The van der Waals surface area contributed by atoms with Gasteiger partial charge in [-0.2, -0.15) is 0 Å². The zero-order chi connectivity index (χ0) is 31.4. The number of nitrogens with one attached hydrogen (secondary N) is 2. The number of carbonyl (C=O) groups is 4. The first-order valence-electron chi connectivity index (χ1n) is 14.2. The van der Waals surface area contributed by atoms with E-state index in [0.717, 1.165) is 11.1 Å². The van der Waals surface area contributed by atoms with E-state index < -0.39 is 12.2 Å². The van der Waals surface area contributed by atoms with Crippen LogP contribution in [0.15, 0.2) is 67.3 Å². The summed E-state index contributed by atoms with van der Waals surface area (Å²) in [4.78, 5) is 53.1. The maximum Gasteiger partial charge on any atom is 0.334 e. The van der Waals surface area contributed by atoms with Gasteiger partial charge in [0, 0.05) is 13.6 Å². The molecule has 0 spiro atoms. The van der Waals surface area contributed by atoms with Crippen molar-refractivity contribution in [2.45, 2.75) is 44.6 Å². The summed E-state index contributed by atoms with van der Waals surface area (Å²) in [6.45, 7) is 7.09. The summed E-state index contributed by atoms with van der Waals surface area (Å²) >= 11 is 0. The van der Waals surface area contributed by atoms with Crippen LogP contribution in [0, 0.1) is 5.82 Å². The molecule has 4 rings (SSSR count). The van der Waals surface area contributed by atoms with Crippen LogP contribution in [0.25, 0.3) is 0 Å². The smallest absolute Gasteiger partial charge is 0.334 e. The number of nitrogens with zero attached hydrogens (tertiary/aromatic N) is 4. The predicted molar refractivity (Wildman–Crippen MR) is 159 cm³/mol. The summed E-state index contributed by atoms with van der Waals surface area (Å²) in [6.07, 6.45) is 2.01. The lowest BCUT2D eigenvalue weighted by molar-refractivity contribution is -0.189. The first-order valence-corrected chi connectivity index (χ1v) is 14.2. The van der Waals surface area contributed by atoms with E-state index in [1.807, 2.05) is 44.3 Å². The van der Waals surface area contributed by atoms with E-state index in [0.29, 0.717) is 39.0 Å². The molecule has 0 bridgehead atoms. The zero-order valence-corrected chi connectivity index (χ0v) is 24.9. The molecule has 43 heavy (non-hydrogen) atoms. The molecule has 2 aliphatic rings. The van der Waals surface area contributed by atoms with Gasteiger partial charge in [-0.25, -0.2) is 19.2 Å². The summed E-state index contributed by atoms with van der Waals surface area (Å²) < 4.78 is 17.7. The molecule has 3 atom stereocenters. The molecular weight excluding hydrogens is 555 g/mol. The van der Waals surface area contributed by atoms with Crippen molar-refractivity contribution >= 4 is 24.3 Å². The van der Waals surface area contributed by atoms with Crippen molar-refractivity contribution in [2.24, 2.45) is 0 Å². The Morgan fingerprint density at radius 1 is 1.16 bits per heavy atom. The van der Waals surface area contributed by atoms with Crippen molar-refractivity contribution in [2.75, 3.05) is 40.3 Å². The van der Waals surface area contributed by atoms with Gasteiger partial charge in [-0.3, -0.25) is 14.4 Å². The number of hydrazine groups is 1. The Morgan fingerprint density at radius 2 is 1.86 bits per heavy atom. The van der Waals surface area contributed by atoms with Gasteiger partial charge in [0.25, 0.3) is 6.47 Å². The number of halogens is 1. The monoisotopic (exact) mass is 596 g/mol. The maximum absolute atomic E-state index is 13.8. The van der Waals surface area contributed by atoms with Gasteiger partial charge in [0.1, 0.15) is 24.6 Å². The molecule has 0 aliphatic carbocycles. The van der Waals surface area contributed by atoms with Gasteiger partial charge < -0.3 is 25.2 Å². The number of fused-ring (bicyclic) bond motifs is 1. The molecule has 2 aliphatic heterocycles. The minimum Gasteiger partial charge on any atom is -0.464 e. The fourth-order valence-electron chi connectivity index (χ4n) is 5.25. The number of piperazine rings is 1. The molecule has 2 N–H and O–H groups in total. The summed E-state index contributed by atoms with van der Waals surface area (Å²) in [7, 11) is 3.55. The van der Waals surface area contributed by atoms with Crippen molar-refractivity contribution in [1.82, 2.24) is 30.5 Å². The Kier molecular flexibility index (Phi) is 12.6. The second kappa shape index (κ2) is 16.4. The molecule has 2 saturated heterocycles. The molecule has 2 aromatic rings. The van der Waals surface area contributed by atoms with E-state index in [1.54, 1.807) is 39.0 Å². The quantitative estimate of drug-likeness (QED) is 0.233. The molecule has 2 unspecified atom stereocenters. The van der Waals surface area contributed by atoms with Crippen molar-refractivity contribution in [3.8, 4) is 0 Å². The lowest BCUT2D eigenvalue weighted by atomic mass is 9.98. The number of hydrogen-bond donors (Lipinski definition) is 2. The number of ether oxygens (including phenoxy) is 1. The van der Waals surface area contributed by atoms with Crippen molar-refractivity contribution < 1.29 is 28.3 Å². The third-order valence-corrected chi connectivity index (χ3v) is 7.39. The molecule has 0 radical (unpaired) electrons. The number of rotatable bonds is 11. The number of benzene rings is 2. The minimum atomic E-state index is -0.694. The van der Waals surface area contributed by atoms with Crippen LogP contribution in [0.2, 0.25) is 0 Å². The Bertz CT molecular complexity index is 1220. The molecule has 232 valence electrons. The molecule has 2 fully saturated rings. The standard InChI is InChI=1S/C27H35FN6O3.C4H6O2/c1-19(21-11-13-22(28)14-12-21)32-17-24-33(23(26(32)36)10-7-15-29-2)25(35)18-31(3)34(24)27(37)30-16-20-8-5-4-6-9-20;1-2-3-6-4-5/h4-6,8-9,11-14,19,23-24,29H,7,10,15-18H2,1-3H3,(H,30,37);2,4H,1,3H2/t19?,23-,24?;/m0./s1. The lowest BCUT2D eigenvalue weighted by Crippen LogP contribution is -2.76. The first-order chi connectivity index (χ1) is 20.7. The van der Waals surface area contributed by atoms with E-state index >= 15 is 0 Å². The Morgan fingerprint density at radius 3 is 2.47 bits per heavy atom. The van der Waals surface area contributed by atoms with Gasteiger partial charge in [0.15, 0.2) is 0 Å². The highest BCUT2D eigenvalue weighted by atomic mass is 19.1. The number of amides is 4. The Hall–Kier alpha value is -4.29. The van der Waals surface area contributed by atoms with Crippen LogP contribution in [0.4, 0.5) is 9.18 Å². The van der Waals surface area contributed by atoms with Crippen molar-refractivity contribution in [1.29, 1.82) is 0 Å². The molecule has 12 heteroatoms. The number of carbonyl (C=O) groups excluding carboxylic acids is 4. The van der Waals surface area contributed by atoms with Crippen LogP contribution in [-0.4, -0.2) is 96.7 Å². The van der Waals surface area contributed by atoms with Crippen molar-refractivity contribution in [3.05, 3.63) is 84.2 Å². The van der Waals surface area contributed by atoms with Gasteiger partial charge in [-0.05, 0) is 56.6 Å². The maximum atomic E-state index is 13.8. The second-order valence-corrected chi connectivity index (χ2v) is 10.3. The average molecular weight is 597 g/mol. The average Bonchev–Trinajstić information content (AvgIpc) is 3.00. The highest BCUT2D eigenvalue weighted by Crippen LogP contribution is 2.32. The topological polar surface area (TPSA) is 115 Å². The number of urea groups is 1. The summed E-state index contributed by atoms with van der Waals surface area (Å²) in [5.41, 5.74) is 1.74. The zero-order valence-electron chi connectivity index (χ0n) is 24.9. The van der Waals surface area contributed by atoms with Crippen molar-refractivity contribution in [3.63, 3.8) is 0 Å². The second-order valence-electron chi connectivity index (χ2n) is 10.3. The van der Waals surface area contributed by atoms with Crippen LogP contribution >= 0.6 is 0 Å². The van der Waals surface area contributed by atoms with Gasteiger partial charge in [0.05, 0.1) is 19.1 Å². The SMILES string of the molecule is C=CCOC=O.CNCCC[C@H]1C(=O)N(C(C)c2ccc(F)cc2)CC2N1C(=O)CN(C)N2C(=O)NCc1ccccc1. The summed E-state index contributed by atoms with van der Waals surface area (Å²) in [5.74, 6) is -0.693. The number of hydrogen-bond acceptors (Lipinski definition) is 7. The predicted octanol–water partition coefficient (Wildman–Crippen LogP) is 2.67. The molecular formula is C31H41FN6O5. The largest absolute Gasteiger partial charge is 0.464 e. The molecule has 0 aromatic heterocycles. The Labute approximate surface area is 252 Å². The number of likely N-dealkylation sites (N-methyl/N-ethyl adjacent to an activating group) is 1. The van der Waals surface area contributed by atoms with Gasteiger partial charge in [-0.1, -0.05) is 55.1 Å². The van der Waals surface area contributed by atoms with Crippen LogP contribution in [0.5, 0.6) is 0 Å². The minimum absolute atomic E-state index is 0.00141. The summed E-state index contributed by atoms with van der Waals surface area (Å²) in [6, 6.07) is 14.3. The molecule has 4 amide bonds. The van der Waals surface area contributed by atoms with Crippen LogP contribution in [0.3, 0.4) is 0 Å². The van der Waals surface area contributed by atoms with Crippen LogP contribution < -0.4 is 10.6 Å². The third kappa shape index (κ3) is 8.62. The first kappa shape index (κ1) is 33.2. The Balaban J connectivity index is 0.000000765. The van der Waals surface area contributed by atoms with E-state index in [4.69, 9.17) is 0 Å². The summed E-state index contributed by atoms with van der Waals surface area (Å²) in [5, 5.41) is 9.21. The highest BCUT2D eigenvalue weighted by molar-refractivity contribution is 5.91. The normalized spacial score (nSPS) is 19.1. The third-order valence-electron chi connectivity index (χ3n) is 7.39. The van der Waals surface area contributed by atoms with E-state index in [9.17, 15) is 23.6 Å². The van der Waals surface area contributed by atoms with Crippen LogP contribution in [-0.2, 0) is 25.7 Å². The molecule has 11 nitrogen and oxygen atoms in total. The lowest BCUT2D eigenvalue weighted by Gasteiger charge is -2.55. The molecule has 0 saturated carbocycles. The highest BCUT2D eigenvalue weighted by Gasteiger charge is 2.51.